The Balaban J connectivity index is 2.38. The second-order valence-corrected chi connectivity index (χ2v) is 4.37. The number of hydrogen-bond acceptors (Lipinski definition) is 3. The molecule has 0 amide bonds. The first kappa shape index (κ1) is 12.9. The van der Waals surface area contributed by atoms with E-state index in [-0.39, 0.29) is 6.10 Å². The number of piperidine rings is 1. The normalized spacial score (nSPS) is 25.4. The Labute approximate surface area is 94.0 Å². The molecule has 0 aromatic heterocycles. The number of nitrogens with two attached hydrogens (primary N) is 1. The van der Waals surface area contributed by atoms with Crippen LogP contribution >= 0.6 is 0 Å². The molecule has 0 aromatic rings. The first-order chi connectivity index (χ1) is 7.31. The molecule has 2 atom stereocenters. The summed E-state index contributed by atoms with van der Waals surface area (Å²) in [6.45, 7) is 7.97. The average molecular weight is 214 g/mol. The van der Waals surface area contributed by atoms with Gasteiger partial charge < -0.3 is 10.5 Å². The standard InChI is InChI=1S/C12H26N2O/c1-3-11-7-5-6-8-14(11)10-12(9-13)15-4-2/h11-12H,3-10,13H2,1-2H3. The van der Waals surface area contributed by atoms with Gasteiger partial charge in [-0.2, -0.15) is 0 Å². The molecule has 1 aliphatic rings. The SMILES string of the molecule is CCOC(CN)CN1CCCCC1CC. The number of hydrogen-bond donors (Lipinski definition) is 1. The van der Waals surface area contributed by atoms with Crippen LogP contribution in [0.15, 0.2) is 0 Å². The largest absolute Gasteiger partial charge is 0.376 e. The lowest BCUT2D eigenvalue weighted by atomic mass is 9.99. The highest BCUT2D eigenvalue weighted by atomic mass is 16.5. The zero-order valence-corrected chi connectivity index (χ0v) is 10.2. The van der Waals surface area contributed by atoms with Crippen molar-refractivity contribution in [3.05, 3.63) is 0 Å². The van der Waals surface area contributed by atoms with Crippen molar-refractivity contribution >= 4 is 0 Å². The van der Waals surface area contributed by atoms with Crippen LogP contribution in [-0.2, 0) is 4.74 Å². The Bertz CT molecular complexity index is 164. The minimum absolute atomic E-state index is 0.224. The van der Waals surface area contributed by atoms with Crippen LogP contribution in [0.5, 0.6) is 0 Å². The molecule has 1 rings (SSSR count). The summed E-state index contributed by atoms with van der Waals surface area (Å²) in [5.74, 6) is 0. The van der Waals surface area contributed by atoms with Gasteiger partial charge in [-0.25, -0.2) is 0 Å². The van der Waals surface area contributed by atoms with Crippen molar-refractivity contribution in [2.45, 2.75) is 51.7 Å². The molecule has 0 aliphatic carbocycles. The van der Waals surface area contributed by atoms with E-state index in [1.807, 2.05) is 6.92 Å². The minimum Gasteiger partial charge on any atom is -0.376 e. The molecule has 1 fully saturated rings. The van der Waals surface area contributed by atoms with E-state index in [1.165, 1.54) is 32.2 Å². The molecular formula is C12H26N2O. The second kappa shape index (κ2) is 7.20. The third kappa shape index (κ3) is 4.09. The molecule has 0 aromatic carbocycles. The third-order valence-electron chi connectivity index (χ3n) is 3.32. The highest BCUT2D eigenvalue weighted by Crippen LogP contribution is 2.19. The molecule has 0 spiro atoms. The Morgan fingerprint density at radius 1 is 1.40 bits per heavy atom. The Hall–Kier alpha value is -0.120. The maximum Gasteiger partial charge on any atom is 0.0823 e. The van der Waals surface area contributed by atoms with Crippen LogP contribution in [0.3, 0.4) is 0 Å². The number of ether oxygens (including phenoxy) is 1. The van der Waals surface area contributed by atoms with Crippen LogP contribution < -0.4 is 5.73 Å². The molecule has 2 N–H and O–H groups in total. The molecule has 1 aliphatic heterocycles. The molecule has 0 radical (unpaired) electrons. The van der Waals surface area contributed by atoms with Crippen molar-refractivity contribution in [2.24, 2.45) is 5.73 Å². The lowest BCUT2D eigenvalue weighted by Crippen LogP contribution is -2.46. The lowest BCUT2D eigenvalue weighted by molar-refractivity contribution is 0.0177. The highest BCUT2D eigenvalue weighted by molar-refractivity contribution is 4.78. The van der Waals surface area contributed by atoms with E-state index >= 15 is 0 Å². The van der Waals surface area contributed by atoms with Gasteiger partial charge in [-0.05, 0) is 32.7 Å². The van der Waals surface area contributed by atoms with Gasteiger partial charge in [0.05, 0.1) is 6.10 Å². The van der Waals surface area contributed by atoms with Gasteiger partial charge in [0, 0.05) is 25.7 Å². The van der Waals surface area contributed by atoms with Gasteiger partial charge in [0.2, 0.25) is 0 Å². The predicted octanol–water partition coefficient (Wildman–Crippen LogP) is 1.61. The van der Waals surface area contributed by atoms with Crippen molar-refractivity contribution in [1.82, 2.24) is 4.90 Å². The van der Waals surface area contributed by atoms with Gasteiger partial charge in [-0.1, -0.05) is 13.3 Å². The highest BCUT2D eigenvalue weighted by Gasteiger charge is 2.23. The molecule has 1 heterocycles. The first-order valence-electron chi connectivity index (χ1n) is 6.37. The summed E-state index contributed by atoms with van der Waals surface area (Å²) in [5.41, 5.74) is 5.71. The molecule has 3 heteroatoms. The summed E-state index contributed by atoms with van der Waals surface area (Å²) >= 11 is 0. The second-order valence-electron chi connectivity index (χ2n) is 4.37. The number of nitrogens with zero attached hydrogens (tertiary/aromatic N) is 1. The predicted molar refractivity (Wildman–Crippen MR) is 64.0 cm³/mol. The van der Waals surface area contributed by atoms with Gasteiger partial charge in [0.1, 0.15) is 0 Å². The Kier molecular flexibility index (Phi) is 6.22. The zero-order chi connectivity index (χ0) is 11.1. The number of rotatable bonds is 6. The van der Waals surface area contributed by atoms with Crippen molar-refractivity contribution in [3.63, 3.8) is 0 Å². The van der Waals surface area contributed by atoms with Crippen LogP contribution in [0.4, 0.5) is 0 Å². The fraction of sp³-hybridized carbons (Fsp3) is 1.00. The third-order valence-corrected chi connectivity index (χ3v) is 3.32. The minimum atomic E-state index is 0.224. The van der Waals surface area contributed by atoms with Crippen LogP contribution in [0, 0.1) is 0 Å². The monoisotopic (exact) mass is 214 g/mol. The molecule has 0 bridgehead atoms. The lowest BCUT2D eigenvalue weighted by Gasteiger charge is -2.37. The summed E-state index contributed by atoms with van der Waals surface area (Å²) in [5, 5.41) is 0. The molecule has 2 unspecified atom stereocenters. The Morgan fingerprint density at radius 2 is 2.20 bits per heavy atom. The molecule has 15 heavy (non-hydrogen) atoms. The van der Waals surface area contributed by atoms with E-state index in [9.17, 15) is 0 Å². The summed E-state index contributed by atoms with van der Waals surface area (Å²) < 4.78 is 5.62. The average Bonchev–Trinajstić information content (AvgIpc) is 2.29. The topological polar surface area (TPSA) is 38.5 Å². The van der Waals surface area contributed by atoms with E-state index in [1.54, 1.807) is 0 Å². The van der Waals surface area contributed by atoms with E-state index in [2.05, 4.69) is 11.8 Å². The van der Waals surface area contributed by atoms with Gasteiger partial charge in [0.25, 0.3) is 0 Å². The van der Waals surface area contributed by atoms with Crippen molar-refractivity contribution in [1.29, 1.82) is 0 Å². The molecule has 90 valence electrons. The summed E-state index contributed by atoms with van der Waals surface area (Å²) in [6.07, 6.45) is 5.54. The van der Waals surface area contributed by atoms with Gasteiger partial charge in [-0.15, -0.1) is 0 Å². The molecule has 1 saturated heterocycles. The van der Waals surface area contributed by atoms with E-state index in [4.69, 9.17) is 10.5 Å². The van der Waals surface area contributed by atoms with Crippen molar-refractivity contribution in [2.75, 3.05) is 26.2 Å². The smallest absolute Gasteiger partial charge is 0.0823 e. The van der Waals surface area contributed by atoms with E-state index in [0.29, 0.717) is 6.54 Å². The van der Waals surface area contributed by atoms with Crippen LogP contribution in [0.1, 0.15) is 39.5 Å². The quantitative estimate of drug-likeness (QED) is 0.730. The summed E-state index contributed by atoms with van der Waals surface area (Å²) in [6, 6.07) is 0.758. The van der Waals surface area contributed by atoms with Crippen LogP contribution in [-0.4, -0.2) is 43.3 Å². The van der Waals surface area contributed by atoms with Gasteiger partial charge in [0.15, 0.2) is 0 Å². The fourth-order valence-electron chi connectivity index (χ4n) is 2.46. The van der Waals surface area contributed by atoms with Crippen LogP contribution in [0.2, 0.25) is 0 Å². The maximum atomic E-state index is 5.71. The first-order valence-corrected chi connectivity index (χ1v) is 6.37. The van der Waals surface area contributed by atoms with Crippen molar-refractivity contribution < 1.29 is 4.74 Å². The maximum absolute atomic E-state index is 5.71. The van der Waals surface area contributed by atoms with E-state index < -0.39 is 0 Å². The number of likely N-dealkylation sites (tertiary alicyclic amines) is 1. The fourth-order valence-corrected chi connectivity index (χ4v) is 2.46. The zero-order valence-electron chi connectivity index (χ0n) is 10.2. The van der Waals surface area contributed by atoms with Gasteiger partial charge >= 0.3 is 0 Å². The molecule has 0 saturated carbocycles. The Morgan fingerprint density at radius 3 is 2.80 bits per heavy atom. The summed E-state index contributed by atoms with van der Waals surface area (Å²) in [7, 11) is 0. The molecular weight excluding hydrogens is 188 g/mol. The van der Waals surface area contributed by atoms with Crippen LogP contribution in [0.25, 0.3) is 0 Å². The summed E-state index contributed by atoms with van der Waals surface area (Å²) in [4.78, 5) is 2.57. The molecule has 3 nitrogen and oxygen atoms in total. The van der Waals surface area contributed by atoms with Crippen molar-refractivity contribution in [3.8, 4) is 0 Å². The van der Waals surface area contributed by atoms with E-state index in [0.717, 1.165) is 19.2 Å². The van der Waals surface area contributed by atoms with Gasteiger partial charge in [-0.3, -0.25) is 4.90 Å².